The molecule has 26 heavy (non-hydrogen) atoms. The summed E-state index contributed by atoms with van der Waals surface area (Å²) in [6, 6.07) is 10.6. The highest BCUT2D eigenvalue weighted by atomic mass is 16.2. The Morgan fingerprint density at radius 1 is 1.19 bits per heavy atom. The van der Waals surface area contributed by atoms with Crippen LogP contribution in [0.3, 0.4) is 0 Å². The molecule has 1 aliphatic rings. The van der Waals surface area contributed by atoms with E-state index in [1.165, 1.54) is 18.4 Å². The van der Waals surface area contributed by atoms with Crippen LogP contribution >= 0.6 is 0 Å². The van der Waals surface area contributed by atoms with E-state index in [4.69, 9.17) is 5.73 Å². The van der Waals surface area contributed by atoms with Crippen LogP contribution in [0, 0.1) is 0 Å². The van der Waals surface area contributed by atoms with Gasteiger partial charge in [0.25, 0.3) is 0 Å². The summed E-state index contributed by atoms with van der Waals surface area (Å²) in [4.78, 5) is 22.4. The highest BCUT2D eigenvalue weighted by molar-refractivity contribution is 5.78. The molecular weight excluding hydrogens is 328 g/mol. The third-order valence-electron chi connectivity index (χ3n) is 3.80. The molecule has 1 unspecified atom stereocenters. The van der Waals surface area contributed by atoms with Gasteiger partial charge in [-0.05, 0) is 51.8 Å². The Morgan fingerprint density at radius 2 is 1.77 bits per heavy atom. The number of nitrogens with one attached hydrogen (secondary N) is 2. The first kappa shape index (κ1) is 24.1. The molecule has 1 fully saturated rings. The predicted molar refractivity (Wildman–Crippen MR) is 108 cm³/mol. The third-order valence-corrected chi connectivity index (χ3v) is 3.80. The summed E-state index contributed by atoms with van der Waals surface area (Å²) in [6.45, 7) is 9.09. The Hall–Kier alpha value is -1.92. The quantitative estimate of drug-likeness (QED) is 0.671. The summed E-state index contributed by atoms with van der Waals surface area (Å²) >= 11 is 0. The minimum Gasteiger partial charge on any atom is -0.353 e. The number of amides is 2. The Morgan fingerprint density at radius 3 is 2.15 bits per heavy atom. The second kappa shape index (κ2) is 15.3. The summed E-state index contributed by atoms with van der Waals surface area (Å²) in [5.74, 6) is 0.536. The van der Waals surface area contributed by atoms with Gasteiger partial charge in [-0.25, -0.2) is 0 Å². The van der Waals surface area contributed by atoms with Gasteiger partial charge in [0, 0.05) is 19.1 Å². The van der Waals surface area contributed by atoms with Crippen LogP contribution in [0.4, 0.5) is 0 Å². The van der Waals surface area contributed by atoms with E-state index >= 15 is 0 Å². The van der Waals surface area contributed by atoms with Gasteiger partial charge in [0.2, 0.25) is 12.3 Å². The van der Waals surface area contributed by atoms with E-state index in [-0.39, 0.29) is 11.9 Å². The number of carbonyl (C=O) groups excluding carboxylic acids is 2. The number of rotatable bonds is 6. The highest BCUT2D eigenvalue weighted by Gasteiger charge is 2.06. The Balaban J connectivity index is 0.000000366. The Bertz CT molecular complexity index is 474. The largest absolute Gasteiger partial charge is 0.353 e. The van der Waals surface area contributed by atoms with E-state index in [9.17, 15) is 9.59 Å². The highest BCUT2D eigenvalue weighted by Crippen LogP contribution is 2.11. The summed E-state index contributed by atoms with van der Waals surface area (Å²) in [5.41, 5.74) is 6.83. The molecule has 1 saturated heterocycles. The van der Waals surface area contributed by atoms with Crippen molar-refractivity contribution in [2.45, 2.75) is 45.6 Å². The topological polar surface area (TPSA) is 87.5 Å². The van der Waals surface area contributed by atoms with E-state index in [2.05, 4.69) is 29.7 Å². The molecule has 1 heterocycles. The predicted octanol–water partition coefficient (Wildman–Crippen LogP) is 1.72. The molecule has 0 spiro atoms. The second-order valence-electron chi connectivity index (χ2n) is 6.65. The first-order chi connectivity index (χ1) is 12.4. The van der Waals surface area contributed by atoms with Gasteiger partial charge in [0.15, 0.2) is 0 Å². The van der Waals surface area contributed by atoms with E-state index in [1.54, 1.807) is 11.9 Å². The molecule has 148 valence electrons. The van der Waals surface area contributed by atoms with Crippen LogP contribution in [0.15, 0.2) is 30.3 Å². The molecule has 1 aromatic rings. The van der Waals surface area contributed by atoms with Gasteiger partial charge < -0.3 is 21.3 Å². The van der Waals surface area contributed by atoms with Crippen molar-refractivity contribution in [2.24, 2.45) is 5.73 Å². The first-order valence-corrected chi connectivity index (χ1v) is 9.32. The summed E-state index contributed by atoms with van der Waals surface area (Å²) in [5, 5.41) is 5.50. The molecule has 0 aliphatic carbocycles. The van der Waals surface area contributed by atoms with E-state index < -0.39 is 0 Å². The Kier molecular flexibility index (Phi) is 14.2. The van der Waals surface area contributed by atoms with E-state index in [1.807, 2.05) is 32.0 Å². The number of nitrogens with two attached hydrogens (primary N) is 1. The number of likely N-dealkylation sites (N-methyl/N-ethyl adjacent to an activating group) is 1. The van der Waals surface area contributed by atoms with Gasteiger partial charge in [-0.2, -0.15) is 0 Å². The molecule has 4 N–H and O–H groups in total. The number of nitrogens with zero attached hydrogens (tertiary/aromatic N) is 1. The van der Waals surface area contributed by atoms with Crippen LogP contribution < -0.4 is 16.4 Å². The van der Waals surface area contributed by atoms with Crippen LogP contribution in [0.5, 0.6) is 0 Å². The Labute approximate surface area is 158 Å². The maximum Gasteiger partial charge on any atom is 0.234 e. The van der Waals surface area contributed by atoms with Gasteiger partial charge in [-0.1, -0.05) is 37.3 Å². The van der Waals surface area contributed by atoms with Crippen LogP contribution in [0.2, 0.25) is 0 Å². The van der Waals surface area contributed by atoms with Crippen LogP contribution in [-0.4, -0.2) is 56.5 Å². The molecule has 1 atom stereocenters. The minimum atomic E-state index is 0.0486. The van der Waals surface area contributed by atoms with Crippen molar-refractivity contribution in [3.05, 3.63) is 35.9 Å². The van der Waals surface area contributed by atoms with Gasteiger partial charge >= 0.3 is 0 Å². The molecule has 2 rings (SSSR count). The van der Waals surface area contributed by atoms with Gasteiger partial charge in [-0.3, -0.25) is 9.59 Å². The van der Waals surface area contributed by atoms with Crippen molar-refractivity contribution in [1.29, 1.82) is 0 Å². The third kappa shape index (κ3) is 12.4. The zero-order valence-corrected chi connectivity index (χ0v) is 16.7. The molecule has 2 amide bonds. The van der Waals surface area contributed by atoms with Crippen molar-refractivity contribution in [1.82, 2.24) is 15.5 Å². The van der Waals surface area contributed by atoms with Gasteiger partial charge in [0.05, 0.1) is 6.54 Å². The molecule has 6 heteroatoms. The maximum atomic E-state index is 10.7. The lowest BCUT2D eigenvalue weighted by Gasteiger charge is -2.06. The van der Waals surface area contributed by atoms with Crippen molar-refractivity contribution in [3.8, 4) is 0 Å². The molecule has 0 bridgehead atoms. The van der Waals surface area contributed by atoms with Crippen molar-refractivity contribution >= 4 is 12.3 Å². The molecule has 1 aliphatic heterocycles. The van der Waals surface area contributed by atoms with Crippen molar-refractivity contribution in [2.75, 3.05) is 33.2 Å². The maximum absolute atomic E-state index is 10.7. The van der Waals surface area contributed by atoms with Crippen LogP contribution in [-0.2, 0) is 9.59 Å². The normalized spacial score (nSPS) is 13.8. The van der Waals surface area contributed by atoms with Gasteiger partial charge in [-0.15, -0.1) is 0 Å². The first-order valence-electron chi connectivity index (χ1n) is 9.32. The SMILES string of the molecule is CC(CN)c1ccccc1.CNCC(=O)NC(C)C.O=CN1CCCC1. The fraction of sp³-hybridized carbons (Fsp3) is 0.600. The van der Waals surface area contributed by atoms with Crippen molar-refractivity contribution in [3.63, 3.8) is 0 Å². The standard InChI is InChI=1S/C9H13N.C6H14N2O.C5H9NO/c1-8(7-10)9-5-3-2-4-6-9;1-5(2)8-6(9)4-7-3;7-5-6-3-1-2-4-6/h2-6,8H,7,10H2,1H3;5,7H,4H2,1-3H3,(H,8,9);5H,1-4H2. The summed E-state index contributed by atoms with van der Waals surface area (Å²) in [6.07, 6.45) is 3.31. The van der Waals surface area contributed by atoms with E-state index in [0.717, 1.165) is 26.0 Å². The van der Waals surface area contributed by atoms with E-state index in [0.29, 0.717) is 12.5 Å². The number of likely N-dealkylation sites (tertiary alicyclic amines) is 1. The molecule has 1 aromatic carbocycles. The fourth-order valence-electron chi connectivity index (χ4n) is 2.30. The minimum absolute atomic E-state index is 0.0486. The number of carbonyl (C=O) groups is 2. The molecule has 0 saturated carbocycles. The van der Waals surface area contributed by atoms with Crippen LogP contribution in [0.25, 0.3) is 0 Å². The lowest BCUT2D eigenvalue weighted by atomic mass is 10.0. The smallest absolute Gasteiger partial charge is 0.234 e. The van der Waals surface area contributed by atoms with Crippen LogP contribution in [0.1, 0.15) is 45.1 Å². The van der Waals surface area contributed by atoms with Gasteiger partial charge in [0.1, 0.15) is 0 Å². The zero-order valence-electron chi connectivity index (χ0n) is 16.7. The average Bonchev–Trinajstić information content (AvgIpc) is 3.16. The van der Waals surface area contributed by atoms with Crippen molar-refractivity contribution < 1.29 is 9.59 Å². The monoisotopic (exact) mass is 364 g/mol. The second-order valence-corrected chi connectivity index (χ2v) is 6.65. The lowest BCUT2D eigenvalue weighted by Crippen LogP contribution is -2.36. The molecule has 6 nitrogen and oxygen atoms in total. The summed E-state index contributed by atoms with van der Waals surface area (Å²) < 4.78 is 0. The molecular formula is C20H36N4O2. The lowest BCUT2D eigenvalue weighted by molar-refractivity contribution is -0.120. The number of benzene rings is 1. The molecule has 0 aromatic heterocycles. The number of hydrogen-bond acceptors (Lipinski definition) is 4. The number of hydrogen-bond donors (Lipinski definition) is 3. The average molecular weight is 365 g/mol. The fourth-order valence-corrected chi connectivity index (χ4v) is 2.30. The summed E-state index contributed by atoms with van der Waals surface area (Å²) in [7, 11) is 1.75. The zero-order chi connectivity index (χ0) is 19.8. The molecule has 0 radical (unpaired) electrons.